The zero-order chi connectivity index (χ0) is 13.5. The smallest absolute Gasteiger partial charge is 0.266 e. The van der Waals surface area contributed by atoms with E-state index < -0.39 is 0 Å². The van der Waals surface area contributed by atoms with Crippen molar-refractivity contribution in [3.8, 4) is 0 Å². The fourth-order valence-electron chi connectivity index (χ4n) is 3.39. The Labute approximate surface area is 118 Å². The van der Waals surface area contributed by atoms with Gasteiger partial charge in [-0.2, -0.15) is 4.98 Å². The minimum Gasteiger partial charge on any atom is -0.390 e. The van der Waals surface area contributed by atoms with Gasteiger partial charge in [-0.05, 0) is 30.8 Å². The Bertz CT molecular complexity index is 459. The second-order valence-corrected chi connectivity index (χ2v) is 6.39. The maximum atomic E-state index is 9.38. The Balaban J connectivity index is 1.33. The van der Waals surface area contributed by atoms with Crippen molar-refractivity contribution < 1.29 is 9.63 Å². The van der Waals surface area contributed by atoms with E-state index in [1.54, 1.807) is 0 Å². The fourth-order valence-corrected chi connectivity index (χ4v) is 3.39. The molecule has 0 bridgehead atoms. The summed E-state index contributed by atoms with van der Waals surface area (Å²) in [5.41, 5.74) is 0. The number of likely N-dealkylation sites (tertiary alicyclic amines) is 1. The third kappa shape index (κ3) is 2.20. The number of piperidine rings is 1. The molecule has 3 aliphatic rings. The highest BCUT2D eigenvalue weighted by molar-refractivity contribution is 5.29. The molecule has 0 unspecified atom stereocenters. The molecule has 1 aromatic rings. The molecule has 4 rings (SSSR count). The van der Waals surface area contributed by atoms with Crippen LogP contribution in [-0.4, -0.2) is 58.5 Å². The summed E-state index contributed by atoms with van der Waals surface area (Å²) in [5, 5.41) is 13.5. The van der Waals surface area contributed by atoms with Crippen molar-refractivity contribution in [3.63, 3.8) is 0 Å². The lowest BCUT2D eigenvalue weighted by atomic mass is 9.85. The third-order valence-corrected chi connectivity index (χ3v) is 5.04. The Morgan fingerprint density at radius 2 is 1.85 bits per heavy atom. The van der Waals surface area contributed by atoms with Crippen LogP contribution in [0.15, 0.2) is 4.52 Å². The van der Waals surface area contributed by atoms with Crippen LogP contribution in [0, 0.1) is 0 Å². The van der Waals surface area contributed by atoms with E-state index in [0.717, 1.165) is 50.9 Å². The summed E-state index contributed by atoms with van der Waals surface area (Å²) in [5.74, 6) is 2.12. The second-order valence-electron chi connectivity index (χ2n) is 6.39. The maximum absolute atomic E-state index is 9.38. The van der Waals surface area contributed by atoms with Crippen molar-refractivity contribution in [3.05, 3.63) is 5.89 Å². The SMILES string of the molecule is OC1CN(C2CCN(c3noc(C4CCC4)n3)CC2)C1. The summed E-state index contributed by atoms with van der Waals surface area (Å²) in [7, 11) is 0. The number of hydrogen-bond acceptors (Lipinski definition) is 6. The van der Waals surface area contributed by atoms with Crippen LogP contribution < -0.4 is 4.90 Å². The van der Waals surface area contributed by atoms with E-state index in [-0.39, 0.29) is 6.10 Å². The van der Waals surface area contributed by atoms with Gasteiger partial charge in [0.15, 0.2) is 0 Å². The van der Waals surface area contributed by atoms with Crippen LogP contribution >= 0.6 is 0 Å². The quantitative estimate of drug-likeness (QED) is 0.889. The summed E-state index contributed by atoms with van der Waals surface area (Å²) >= 11 is 0. The average Bonchev–Trinajstić information content (AvgIpc) is 2.83. The Kier molecular flexibility index (Phi) is 3.15. The van der Waals surface area contributed by atoms with Gasteiger partial charge in [0.25, 0.3) is 5.95 Å². The summed E-state index contributed by atoms with van der Waals surface area (Å²) in [6.07, 6.45) is 5.83. The first-order valence-electron chi connectivity index (χ1n) is 7.80. The molecule has 0 spiro atoms. The number of anilines is 1. The zero-order valence-corrected chi connectivity index (χ0v) is 11.7. The summed E-state index contributed by atoms with van der Waals surface area (Å²) in [6, 6.07) is 0.618. The molecule has 0 radical (unpaired) electrons. The second kappa shape index (κ2) is 5.00. The van der Waals surface area contributed by atoms with Gasteiger partial charge in [-0.25, -0.2) is 0 Å². The van der Waals surface area contributed by atoms with Crippen molar-refractivity contribution >= 4 is 5.95 Å². The predicted molar refractivity (Wildman–Crippen MR) is 73.7 cm³/mol. The van der Waals surface area contributed by atoms with E-state index >= 15 is 0 Å². The molecule has 3 heterocycles. The number of rotatable bonds is 3. The normalized spacial score (nSPS) is 26.6. The highest BCUT2D eigenvalue weighted by atomic mass is 16.5. The molecule has 20 heavy (non-hydrogen) atoms. The van der Waals surface area contributed by atoms with Gasteiger partial charge in [-0.3, -0.25) is 4.90 Å². The third-order valence-electron chi connectivity index (χ3n) is 5.04. The number of aromatic nitrogens is 2. The summed E-state index contributed by atoms with van der Waals surface area (Å²) < 4.78 is 5.40. The lowest BCUT2D eigenvalue weighted by Gasteiger charge is -2.45. The van der Waals surface area contributed by atoms with E-state index in [2.05, 4.69) is 19.9 Å². The minimum absolute atomic E-state index is 0.102. The van der Waals surface area contributed by atoms with E-state index in [4.69, 9.17) is 4.52 Å². The highest BCUT2D eigenvalue weighted by Gasteiger charge is 2.34. The van der Waals surface area contributed by atoms with Crippen LogP contribution in [0.5, 0.6) is 0 Å². The van der Waals surface area contributed by atoms with Gasteiger partial charge in [0.05, 0.1) is 6.10 Å². The van der Waals surface area contributed by atoms with Crippen LogP contribution in [0.2, 0.25) is 0 Å². The topological polar surface area (TPSA) is 65.6 Å². The molecule has 1 aliphatic carbocycles. The van der Waals surface area contributed by atoms with Gasteiger partial charge < -0.3 is 14.5 Å². The first kappa shape index (κ1) is 12.6. The average molecular weight is 278 g/mol. The molecule has 1 aromatic heterocycles. The van der Waals surface area contributed by atoms with E-state index in [9.17, 15) is 5.11 Å². The van der Waals surface area contributed by atoms with Crippen LogP contribution in [0.1, 0.15) is 43.9 Å². The molecule has 6 heteroatoms. The molecule has 2 aliphatic heterocycles. The molecule has 6 nitrogen and oxygen atoms in total. The Morgan fingerprint density at radius 1 is 1.10 bits per heavy atom. The van der Waals surface area contributed by atoms with Crippen molar-refractivity contribution in [2.24, 2.45) is 0 Å². The molecule has 2 saturated heterocycles. The Morgan fingerprint density at radius 3 is 2.45 bits per heavy atom. The minimum atomic E-state index is -0.102. The first-order valence-corrected chi connectivity index (χ1v) is 7.80. The molecule has 1 N–H and O–H groups in total. The number of β-amino-alcohol motifs (C(OH)–C–C–N with tert-alkyl or cyclic N) is 1. The van der Waals surface area contributed by atoms with E-state index in [0.29, 0.717) is 12.0 Å². The van der Waals surface area contributed by atoms with Gasteiger partial charge in [0, 0.05) is 38.1 Å². The molecule has 0 amide bonds. The van der Waals surface area contributed by atoms with Crippen molar-refractivity contribution in [2.45, 2.75) is 50.2 Å². The molecule has 0 aromatic carbocycles. The van der Waals surface area contributed by atoms with Crippen LogP contribution in [-0.2, 0) is 0 Å². The van der Waals surface area contributed by atoms with Gasteiger partial charge in [0.2, 0.25) is 5.89 Å². The van der Waals surface area contributed by atoms with Crippen LogP contribution in [0.4, 0.5) is 5.95 Å². The summed E-state index contributed by atoms with van der Waals surface area (Å²) in [4.78, 5) is 9.19. The summed E-state index contributed by atoms with van der Waals surface area (Å²) in [6.45, 7) is 3.67. The molecule has 3 fully saturated rings. The van der Waals surface area contributed by atoms with E-state index in [1.807, 2.05) is 0 Å². The van der Waals surface area contributed by atoms with Gasteiger partial charge in [-0.15, -0.1) is 0 Å². The lowest BCUT2D eigenvalue weighted by Crippen LogP contribution is -2.57. The number of hydrogen-bond donors (Lipinski definition) is 1. The fraction of sp³-hybridized carbons (Fsp3) is 0.857. The van der Waals surface area contributed by atoms with Gasteiger partial charge in [-0.1, -0.05) is 6.42 Å². The van der Waals surface area contributed by atoms with Crippen molar-refractivity contribution in [2.75, 3.05) is 31.1 Å². The number of nitrogens with zero attached hydrogens (tertiary/aromatic N) is 4. The number of aliphatic hydroxyl groups is 1. The predicted octanol–water partition coefficient (Wildman–Crippen LogP) is 0.982. The zero-order valence-electron chi connectivity index (χ0n) is 11.7. The van der Waals surface area contributed by atoms with Crippen molar-refractivity contribution in [1.82, 2.24) is 15.0 Å². The highest BCUT2D eigenvalue weighted by Crippen LogP contribution is 2.36. The van der Waals surface area contributed by atoms with Crippen molar-refractivity contribution in [1.29, 1.82) is 0 Å². The van der Waals surface area contributed by atoms with Crippen LogP contribution in [0.3, 0.4) is 0 Å². The maximum Gasteiger partial charge on any atom is 0.266 e. The van der Waals surface area contributed by atoms with Crippen LogP contribution in [0.25, 0.3) is 0 Å². The molecule has 0 atom stereocenters. The molecule has 110 valence electrons. The van der Waals surface area contributed by atoms with E-state index in [1.165, 1.54) is 19.3 Å². The van der Waals surface area contributed by atoms with Gasteiger partial charge in [0.1, 0.15) is 0 Å². The molecular weight excluding hydrogens is 256 g/mol. The largest absolute Gasteiger partial charge is 0.390 e. The lowest BCUT2D eigenvalue weighted by molar-refractivity contribution is -0.0301. The monoisotopic (exact) mass is 278 g/mol. The van der Waals surface area contributed by atoms with Gasteiger partial charge >= 0.3 is 0 Å². The Hall–Kier alpha value is -1.14. The molecular formula is C14H22N4O2. The first-order chi connectivity index (χ1) is 9.79. The molecule has 1 saturated carbocycles. The number of aliphatic hydroxyl groups excluding tert-OH is 1. The standard InChI is InChI=1S/C14H22N4O2/c19-12-8-18(9-12)11-4-6-17(7-5-11)14-15-13(20-16-14)10-2-1-3-10/h10-12,19H,1-9H2.